The van der Waals surface area contributed by atoms with Crippen molar-refractivity contribution in [2.45, 2.75) is 52.6 Å². The van der Waals surface area contributed by atoms with Crippen molar-refractivity contribution in [3.8, 4) is 0 Å². The second kappa shape index (κ2) is 4.83. The van der Waals surface area contributed by atoms with Crippen LogP contribution in [0.15, 0.2) is 0 Å². The molecule has 0 fully saturated rings. The van der Waals surface area contributed by atoms with Crippen molar-refractivity contribution in [2.24, 2.45) is 5.73 Å². The van der Waals surface area contributed by atoms with Crippen molar-refractivity contribution < 1.29 is 0 Å². The van der Waals surface area contributed by atoms with Gasteiger partial charge in [-0.05, 0) is 33.7 Å². The maximum absolute atomic E-state index is 5.96. The first kappa shape index (κ1) is 11.9. The van der Waals surface area contributed by atoms with E-state index in [0.717, 1.165) is 13.1 Å². The molecular formula is C10H24N2. The highest BCUT2D eigenvalue weighted by molar-refractivity contribution is 4.78. The van der Waals surface area contributed by atoms with Crippen LogP contribution >= 0.6 is 0 Å². The minimum atomic E-state index is -0.0700. The van der Waals surface area contributed by atoms with E-state index in [0.29, 0.717) is 6.04 Å². The highest BCUT2D eigenvalue weighted by Gasteiger charge is 2.18. The summed E-state index contributed by atoms with van der Waals surface area (Å²) >= 11 is 0. The van der Waals surface area contributed by atoms with Gasteiger partial charge in [0.1, 0.15) is 0 Å². The van der Waals surface area contributed by atoms with Crippen LogP contribution in [0, 0.1) is 0 Å². The predicted molar refractivity (Wildman–Crippen MR) is 55.3 cm³/mol. The summed E-state index contributed by atoms with van der Waals surface area (Å²) in [6.07, 6.45) is 1.20. The zero-order valence-electron chi connectivity index (χ0n) is 9.22. The van der Waals surface area contributed by atoms with Crippen LogP contribution in [0.25, 0.3) is 0 Å². The van der Waals surface area contributed by atoms with Gasteiger partial charge in [-0.15, -0.1) is 0 Å². The summed E-state index contributed by atoms with van der Waals surface area (Å²) in [7, 11) is 0. The van der Waals surface area contributed by atoms with E-state index >= 15 is 0 Å². The molecule has 2 heteroatoms. The van der Waals surface area contributed by atoms with E-state index in [-0.39, 0.29) is 5.54 Å². The molecule has 1 atom stereocenters. The molecule has 0 rings (SSSR count). The maximum atomic E-state index is 5.96. The quantitative estimate of drug-likeness (QED) is 0.685. The zero-order chi connectivity index (χ0) is 9.78. The Kier molecular flexibility index (Phi) is 4.80. The normalized spacial score (nSPS) is 15.2. The lowest BCUT2D eigenvalue weighted by Gasteiger charge is -2.33. The van der Waals surface area contributed by atoms with Crippen LogP contribution in [0.5, 0.6) is 0 Å². The molecule has 2 N–H and O–H groups in total. The number of hydrogen-bond donors (Lipinski definition) is 1. The van der Waals surface area contributed by atoms with Gasteiger partial charge in [-0.2, -0.15) is 0 Å². The number of likely N-dealkylation sites (N-methyl/N-ethyl adjacent to an activating group) is 1. The van der Waals surface area contributed by atoms with Gasteiger partial charge in [0.15, 0.2) is 0 Å². The molecular weight excluding hydrogens is 148 g/mol. The third-order valence-electron chi connectivity index (χ3n) is 2.23. The molecule has 2 nitrogen and oxygen atoms in total. The van der Waals surface area contributed by atoms with Crippen LogP contribution in [0.1, 0.15) is 41.0 Å². The Morgan fingerprint density at radius 1 is 1.33 bits per heavy atom. The second-order valence-electron chi connectivity index (χ2n) is 4.31. The fourth-order valence-electron chi connectivity index (χ4n) is 1.36. The molecule has 12 heavy (non-hydrogen) atoms. The molecule has 0 aromatic rings. The largest absolute Gasteiger partial charge is 0.324 e. The Hall–Kier alpha value is -0.0800. The van der Waals surface area contributed by atoms with Gasteiger partial charge in [0.05, 0.1) is 0 Å². The second-order valence-corrected chi connectivity index (χ2v) is 4.31. The maximum Gasteiger partial charge on any atom is 0.0226 e. The highest BCUT2D eigenvalue weighted by Crippen LogP contribution is 2.07. The summed E-state index contributed by atoms with van der Waals surface area (Å²) < 4.78 is 0. The van der Waals surface area contributed by atoms with Gasteiger partial charge in [0, 0.05) is 18.1 Å². The molecule has 0 bridgehead atoms. The SMILES string of the molecule is CCC(C)N(CC)CC(C)(C)N. The van der Waals surface area contributed by atoms with Gasteiger partial charge >= 0.3 is 0 Å². The van der Waals surface area contributed by atoms with Crippen LogP contribution in [0.3, 0.4) is 0 Å². The lowest BCUT2D eigenvalue weighted by molar-refractivity contribution is 0.178. The third-order valence-corrected chi connectivity index (χ3v) is 2.23. The van der Waals surface area contributed by atoms with Crippen LogP contribution in [0.4, 0.5) is 0 Å². The average molecular weight is 172 g/mol. The Labute approximate surface area is 77.1 Å². The Morgan fingerprint density at radius 3 is 2.08 bits per heavy atom. The minimum absolute atomic E-state index is 0.0700. The van der Waals surface area contributed by atoms with E-state index in [1.54, 1.807) is 0 Å². The number of nitrogens with zero attached hydrogens (tertiary/aromatic N) is 1. The summed E-state index contributed by atoms with van der Waals surface area (Å²) in [5, 5.41) is 0. The molecule has 0 saturated carbocycles. The van der Waals surface area contributed by atoms with Crippen LogP contribution in [0.2, 0.25) is 0 Å². The Balaban J connectivity index is 3.99. The summed E-state index contributed by atoms with van der Waals surface area (Å²) in [6.45, 7) is 12.9. The number of rotatable bonds is 5. The molecule has 0 aliphatic rings. The van der Waals surface area contributed by atoms with Crippen molar-refractivity contribution in [3.05, 3.63) is 0 Å². The average Bonchev–Trinajstić information content (AvgIpc) is 1.97. The van der Waals surface area contributed by atoms with E-state index in [9.17, 15) is 0 Å². The fraction of sp³-hybridized carbons (Fsp3) is 1.00. The predicted octanol–water partition coefficient (Wildman–Crippen LogP) is 1.84. The van der Waals surface area contributed by atoms with E-state index in [4.69, 9.17) is 5.73 Å². The monoisotopic (exact) mass is 172 g/mol. The molecule has 1 unspecified atom stereocenters. The van der Waals surface area contributed by atoms with E-state index in [1.807, 2.05) is 0 Å². The van der Waals surface area contributed by atoms with Crippen LogP contribution in [-0.4, -0.2) is 29.6 Å². The van der Waals surface area contributed by atoms with Crippen LogP contribution in [-0.2, 0) is 0 Å². The van der Waals surface area contributed by atoms with Gasteiger partial charge in [-0.1, -0.05) is 13.8 Å². The molecule has 0 aromatic carbocycles. The first-order valence-electron chi connectivity index (χ1n) is 4.93. The summed E-state index contributed by atoms with van der Waals surface area (Å²) in [4.78, 5) is 2.43. The minimum Gasteiger partial charge on any atom is -0.324 e. The van der Waals surface area contributed by atoms with Gasteiger partial charge < -0.3 is 5.73 Å². The molecule has 0 aliphatic carbocycles. The summed E-state index contributed by atoms with van der Waals surface area (Å²) in [5.74, 6) is 0. The highest BCUT2D eigenvalue weighted by atomic mass is 15.2. The van der Waals surface area contributed by atoms with Crippen LogP contribution < -0.4 is 5.73 Å². The lowest BCUT2D eigenvalue weighted by atomic mass is 10.1. The third kappa shape index (κ3) is 4.73. The summed E-state index contributed by atoms with van der Waals surface area (Å²) in [6, 6.07) is 0.651. The molecule has 74 valence electrons. The van der Waals surface area contributed by atoms with E-state index in [1.165, 1.54) is 6.42 Å². The van der Waals surface area contributed by atoms with Crippen molar-refractivity contribution in [3.63, 3.8) is 0 Å². The molecule has 0 saturated heterocycles. The van der Waals surface area contributed by atoms with Crippen molar-refractivity contribution in [1.29, 1.82) is 0 Å². The Morgan fingerprint density at radius 2 is 1.83 bits per heavy atom. The standard InChI is InChI=1S/C10H24N2/c1-6-9(3)12(7-2)8-10(4,5)11/h9H,6-8,11H2,1-5H3. The van der Waals surface area contributed by atoms with Gasteiger partial charge in [0.25, 0.3) is 0 Å². The molecule has 0 heterocycles. The lowest BCUT2D eigenvalue weighted by Crippen LogP contribution is -2.48. The number of hydrogen-bond acceptors (Lipinski definition) is 2. The molecule has 0 amide bonds. The first-order chi connectivity index (χ1) is 5.40. The summed E-state index contributed by atoms with van der Waals surface area (Å²) in [5.41, 5.74) is 5.89. The molecule has 0 radical (unpaired) electrons. The topological polar surface area (TPSA) is 29.3 Å². The van der Waals surface area contributed by atoms with Crippen molar-refractivity contribution >= 4 is 0 Å². The van der Waals surface area contributed by atoms with E-state index < -0.39 is 0 Å². The smallest absolute Gasteiger partial charge is 0.0226 e. The van der Waals surface area contributed by atoms with Crippen molar-refractivity contribution in [2.75, 3.05) is 13.1 Å². The van der Waals surface area contributed by atoms with Gasteiger partial charge in [-0.3, -0.25) is 4.90 Å². The van der Waals surface area contributed by atoms with Gasteiger partial charge in [0.2, 0.25) is 0 Å². The molecule has 0 spiro atoms. The van der Waals surface area contributed by atoms with E-state index in [2.05, 4.69) is 39.5 Å². The Bertz CT molecular complexity index is 115. The fourth-order valence-corrected chi connectivity index (χ4v) is 1.36. The zero-order valence-corrected chi connectivity index (χ0v) is 9.22. The van der Waals surface area contributed by atoms with Gasteiger partial charge in [-0.25, -0.2) is 0 Å². The molecule has 0 aromatic heterocycles. The number of nitrogens with two attached hydrogens (primary N) is 1. The molecule has 0 aliphatic heterocycles. The van der Waals surface area contributed by atoms with Crippen molar-refractivity contribution in [1.82, 2.24) is 4.90 Å². The first-order valence-corrected chi connectivity index (χ1v) is 4.93.